The summed E-state index contributed by atoms with van der Waals surface area (Å²) in [5, 5.41) is 0.168. The predicted molar refractivity (Wildman–Crippen MR) is 468 cm³/mol. The van der Waals surface area contributed by atoms with Crippen LogP contribution >= 0.6 is 73.5 Å². The topological polar surface area (TPSA) is 18.5 Å². The van der Waals surface area contributed by atoms with Gasteiger partial charge in [-0.15, -0.1) is 24.9 Å². The Balaban J connectivity index is 0.000000613. The highest BCUT2D eigenvalue weighted by Crippen LogP contribution is 2.35. The van der Waals surface area contributed by atoms with E-state index >= 15 is 0 Å². The fraction of sp³-hybridized carbons (Fsp3) is 0.312. The van der Waals surface area contributed by atoms with Gasteiger partial charge in [-0.2, -0.15) is 13.2 Å². The van der Waals surface area contributed by atoms with Crippen LogP contribution in [0.5, 0.6) is 11.5 Å². The van der Waals surface area contributed by atoms with E-state index in [-0.39, 0.29) is 22.5 Å². The number of alkyl halides is 6. The number of allylic oxidation sites excluding steroid dienone is 8. The number of aryl methyl sites for hydroxylation is 1. The van der Waals surface area contributed by atoms with Crippen molar-refractivity contribution in [2.75, 3.05) is 13.4 Å². The highest BCUT2D eigenvalue weighted by atomic mass is 127. The van der Waals surface area contributed by atoms with Gasteiger partial charge < -0.3 is 9.47 Å². The molecular weight excluding hydrogens is 1590 g/mol. The maximum atomic E-state index is 12.8. The van der Waals surface area contributed by atoms with Crippen molar-refractivity contribution in [3.63, 3.8) is 0 Å². The summed E-state index contributed by atoms with van der Waals surface area (Å²) in [5.74, 6) is 4.61. The zero-order valence-corrected chi connectivity index (χ0v) is 71.6. The van der Waals surface area contributed by atoms with Crippen LogP contribution in [0.4, 0.5) is 30.7 Å². The summed E-state index contributed by atoms with van der Waals surface area (Å²) in [7, 11) is 1.70. The van der Waals surface area contributed by atoms with Crippen LogP contribution in [-0.2, 0) is 6.18 Å². The Morgan fingerprint density at radius 2 is 0.785 bits per heavy atom. The van der Waals surface area contributed by atoms with Crippen molar-refractivity contribution < 1.29 is 40.2 Å². The van der Waals surface area contributed by atoms with Crippen LogP contribution in [0.3, 0.4) is 0 Å². The normalized spacial score (nSPS) is 11.7. The number of ether oxygens (including phenoxy) is 2. The van der Waals surface area contributed by atoms with Gasteiger partial charge in [-0.05, 0) is 189 Å². The van der Waals surface area contributed by atoms with E-state index in [1.807, 2.05) is 82.3 Å². The van der Waals surface area contributed by atoms with Crippen LogP contribution in [0.15, 0.2) is 240 Å². The molecule has 578 valence electrons. The molecule has 0 bridgehead atoms. The predicted octanol–water partition coefficient (Wildman–Crippen LogP) is 32.6. The molecule has 8 aromatic carbocycles. The number of methoxy groups -OCH3 is 1. The second-order valence-electron chi connectivity index (χ2n) is 27.3. The minimum absolute atomic E-state index is 0.174. The average Bonchev–Trinajstić information content (AvgIpc) is 0.831. The number of thioether (sulfide) groups is 1. The van der Waals surface area contributed by atoms with Crippen LogP contribution in [0, 0.1) is 63.7 Å². The molecule has 107 heavy (non-hydrogen) atoms. The van der Waals surface area contributed by atoms with E-state index < -0.39 is 18.1 Å². The number of hydrogen-bond donors (Lipinski definition) is 0. The molecule has 8 rings (SSSR count). The summed E-state index contributed by atoms with van der Waals surface area (Å²) in [4.78, 5) is 1.32. The van der Waals surface area contributed by atoms with Crippen molar-refractivity contribution in [2.45, 2.75) is 135 Å². The van der Waals surface area contributed by atoms with Crippen molar-refractivity contribution in [3.05, 3.63) is 310 Å². The SMILES string of the molecule is CC(C)/C=C/c1cc(F)cc(Cl)c1.CC(C)/C=C/c1ccc(C(F)(F)F)c(Cl)c1.CC(C)/C=C/c1ccccc1Br.CC(C)/C=C/c1ccccc1I.CC(C)/C=C/c1ccccc1OC(F)(F)F.COc1ccccc1/C=C/C(C)C.CSc1cccc(/C=C/C(C)C)c1.Cc1ccccc1/C=C/C(C)C. The maximum absolute atomic E-state index is 12.8. The van der Waals surface area contributed by atoms with Crippen LogP contribution in [0.25, 0.3) is 48.6 Å². The standard InChI is InChI=1S/C12H12ClF3.C12H13F3O.C12H16O.C12H16S.C12H16.C11H13Br.C11H12ClF.C11H13I/c1-8(2)3-4-9-5-6-10(11(13)7-9)12(14,15)16;1-9(2)7-8-10-5-3-4-6-11(10)16-12(13,14)15;1-10(2)8-9-11-6-4-5-7-12(11)13-3;1-10(2)7-8-11-5-4-6-12(9-11)13-3;1-10(2)8-9-12-7-5-4-6-11(12)3;1-9(2)7-8-10-5-3-4-6-11(10)12;1-8(2)3-4-9-5-10(12)7-11(13)6-9;1-9(2)7-8-10-5-3-4-6-11(10)12/h3-8H,1-2H3;3-9H,1-2H3;2*4-10H,1-3H3;4-10H,1-3H3;3-9H,1-2H3;3-8H,1-2H3;3-9H,1-2H3/b4-3+;8-7+;9-8+;8-7+;9-8+;8-7+;4-3+;8-7+. The highest BCUT2D eigenvalue weighted by molar-refractivity contribution is 14.1. The number of rotatable bonds is 19. The molecule has 0 fully saturated rings. The minimum Gasteiger partial charge on any atom is -0.496 e. The number of para-hydroxylation sites is 2. The molecule has 0 saturated carbocycles. The first-order chi connectivity index (χ1) is 50.3. The smallest absolute Gasteiger partial charge is 0.496 e. The molecule has 0 aliphatic carbocycles. The molecule has 2 nitrogen and oxygen atoms in total. The summed E-state index contributed by atoms with van der Waals surface area (Å²) in [6.07, 6.45) is 25.9. The molecule has 0 spiro atoms. The third kappa shape index (κ3) is 48.9. The van der Waals surface area contributed by atoms with Crippen LogP contribution in [0.1, 0.15) is 166 Å². The third-order valence-corrected chi connectivity index (χ3v) is 16.8. The Morgan fingerprint density at radius 1 is 0.402 bits per heavy atom. The lowest BCUT2D eigenvalue weighted by molar-refractivity contribution is -0.274. The molecule has 0 aliphatic heterocycles. The number of benzene rings is 8. The quantitative estimate of drug-likeness (QED) is 0.0457. The molecule has 0 aromatic heterocycles. The van der Waals surface area contributed by atoms with Gasteiger partial charge in [0.05, 0.1) is 17.7 Å². The van der Waals surface area contributed by atoms with Crippen LogP contribution < -0.4 is 9.47 Å². The van der Waals surface area contributed by atoms with Crippen molar-refractivity contribution in [1.82, 2.24) is 0 Å². The van der Waals surface area contributed by atoms with Crippen LogP contribution in [0.2, 0.25) is 10.0 Å². The van der Waals surface area contributed by atoms with E-state index in [0.29, 0.717) is 57.6 Å². The second-order valence-corrected chi connectivity index (χ2v) is 31.0. The van der Waals surface area contributed by atoms with Crippen molar-refractivity contribution >= 4 is 122 Å². The Kier molecular flexibility index (Phi) is 49.9. The summed E-state index contributed by atoms with van der Waals surface area (Å²) < 4.78 is 97.8. The third-order valence-electron chi connectivity index (χ3n) is 13.9. The molecule has 0 heterocycles. The largest absolute Gasteiger partial charge is 0.573 e. The monoisotopic (exact) mass is 1700 g/mol. The molecule has 0 N–H and O–H groups in total. The Labute approximate surface area is 674 Å². The van der Waals surface area contributed by atoms with Gasteiger partial charge in [-0.3, -0.25) is 0 Å². The van der Waals surface area contributed by atoms with Gasteiger partial charge in [0.25, 0.3) is 0 Å². The fourth-order valence-electron chi connectivity index (χ4n) is 8.31. The van der Waals surface area contributed by atoms with Gasteiger partial charge in [0, 0.05) is 29.1 Å². The van der Waals surface area contributed by atoms with Gasteiger partial charge in [-0.1, -0.05) is 362 Å². The summed E-state index contributed by atoms with van der Waals surface area (Å²) in [6.45, 7) is 35.9. The Morgan fingerprint density at radius 3 is 1.21 bits per heavy atom. The molecular formula is C93H111BrCl2F7IO2S. The van der Waals surface area contributed by atoms with E-state index in [0.717, 1.165) is 27.4 Å². The first-order valence-corrected chi connectivity index (χ1v) is 39.6. The summed E-state index contributed by atoms with van der Waals surface area (Å²) in [5.41, 5.74) is 8.76. The zero-order valence-electron chi connectivity index (χ0n) is 65.6. The minimum atomic E-state index is -4.65. The maximum Gasteiger partial charge on any atom is 0.573 e. The van der Waals surface area contributed by atoms with Gasteiger partial charge >= 0.3 is 12.5 Å². The van der Waals surface area contributed by atoms with E-state index in [4.69, 9.17) is 27.9 Å². The van der Waals surface area contributed by atoms with E-state index in [1.165, 1.54) is 72.7 Å². The van der Waals surface area contributed by atoms with E-state index in [2.05, 4.69) is 291 Å². The second kappa shape index (κ2) is 54.5. The van der Waals surface area contributed by atoms with Crippen LogP contribution in [-0.4, -0.2) is 19.7 Å². The van der Waals surface area contributed by atoms with Gasteiger partial charge in [0.2, 0.25) is 0 Å². The van der Waals surface area contributed by atoms with Gasteiger partial charge in [0.15, 0.2) is 0 Å². The average molecular weight is 1700 g/mol. The number of halogens is 11. The highest BCUT2D eigenvalue weighted by Gasteiger charge is 2.33. The molecule has 0 saturated heterocycles. The van der Waals surface area contributed by atoms with E-state index in [1.54, 1.807) is 49.2 Å². The summed E-state index contributed by atoms with van der Waals surface area (Å²) in [6, 6.07) is 56.0. The molecule has 0 atom stereocenters. The molecule has 0 radical (unpaired) electrons. The lowest BCUT2D eigenvalue weighted by atomic mass is 10.1. The van der Waals surface area contributed by atoms with Crippen molar-refractivity contribution in [1.29, 1.82) is 0 Å². The first-order valence-electron chi connectivity index (χ1n) is 35.8. The zero-order chi connectivity index (χ0) is 80.7. The molecule has 8 aromatic rings. The fourth-order valence-corrected chi connectivity index (χ4v) is 10.3. The lowest BCUT2D eigenvalue weighted by Gasteiger charge is -2.11. The Bertz CT molecular complexity index is 3880. The van der Waals surface area contributed by atoms with Gasteiger partial charge in [0.1, 0.15) is 17.3 Å². The van der Waals surface area contributed by atoms with Crippen molar-refractivity contribution in [3.8, 4) is 11.5 Å². The molecule has 0 amide bonds. The summed E-state index contributed by atoms with van der Waals surface area (Å²) >= 11 is 18.9. The van der Waals surface area contributed by atoms with E-state index in [9.17, 15) is 30.7 Å². The lowest BCUT2D eigenvalue weighted by Crippen LogP contribution is -2.17. The first kappa shape index (κ1) is 97.9. The molecule has 14 heteroatoms. The van der Waals surface area contributed by atoms with Gasteiger partial charge in [-0.25, -0.2) is 4.39 Å². The molecule has 0 unspecified atom stereocenters. The number of hydrogen-bond acceptors (Lipinski definition) is 3. The van der Waals surface area contributed by atoms with Crippen molar-refractivity contribution in [2.24, 2.45) is 47.3 Å². The molecule has 0 aliphatic rings. The Hall–Kier alpha value is -7.07.